The summed E-state index contributed by atoms with van der Waals surface area (Å²) in [6.07, 6.45) is 0. The Balaban J connectivity index is 0. The molecule has 0 aromatic heterocycles. The van der Waals surface area contributed by atoms with Gasteiger partial charge in [0.05, 0.1) is 0 Å². The summed E-state index contributed by atoms with van der Waals surface area (Å²) in [5.41, 5.74) is 0. The van der Waals surface area contributed by atoms with Gasteiger partial charge >= 0.3 is 37.7 Å². The van der Waals surface area contributed by atoms with Gasteiger partial charge in [0.1, 0.15) is 0 Å². The van der Waals surface area contributed by atoms with Crippen molar-refractivity contribution in [3.05, 3.63) is 0 Å². The SMILES string of the molecule is [Al].[B].[Ca+2].[O-2]. The van der Waals surface area contributed by atoms with Crippen molar-refractivity contribution < 1.29 is 5.48 Å². The van der Waals surface area contributed by atoms with E-state index in [-0.39, 0.29) is 69.0 Å². The summed E-state index contributed by atoms with van der Waals surface area (Å²) in [5.74, 6) is 0. The Kier molecular flexibility index (Phi) is 217. The first-order chi connectivity index (χ1) is 0. The fourth-order valence-corrected chi connectivity index (χ4v) is 0. The van der Waals surface area contributed by atoms with Gasteiger partial charge in [-0.05, 0) is 0 Å². The molecule has 0 atom stereocenters. The summed E-state index contributed by atoms with van der Waals surface area (Å²) >= 11 is 0. The van der Waals surface area contributed by atoms with Crippen LogP contribution in [-0.4, -0.2) is 63.5 Å². The van der Waals surface area contributed by atoms with Crippen LogP contribution >= 0.6 is 0 Å². The minimum absolute atomic E-state index is 0. The maximum Gasteiger partial charge on any atom is 2.00 e. The Morgan fingerprint density at radius 3 is 1.00 bits per heavy atom. The van der Waals surface area contributed by atoms with Crippen molar-refractivity contribution in [1.29, 1.82) is 0 Å². The minimum Gasteiger partial charge on any atom is -2.00 e. The van der Waals surface area contributed by atoms with E-state index in [2.05, 4.69) is 0 Å². The first kappa shape index (κ1) is 40.9. The zero-order valence-electron chi connectivity index (χ0n) is 2.27. The molecule has 0 aromatic carbocycles. The van der Waals surface area contributed by atoms with Gasteiger partial charge in [-0.1, -0.05) is 0 Å². The van der Waals surface area contributed by atoms with Gasteiger partial charge in [-0.25, -0.2) is 0 Å². The Morgan fingerprint density at radius 2 is 1.00 bits per heavy atom. The smallest absolute Gasteiger partial charge is 2.00 e. The van der Waals surface area contributed by atoms with Gasteiger partial charge in [0.25, 0.3) is 0 Å². The Labute approximate surface area is 68.2 Å². The molecule has 0 unspecified atom stereocenters. The first-order valence-corrected chi connectivity index (χ1v) is 0. The second-order valence-corrected chi connectivity index (χ2v) is 0. The van der Waals surface area contributed by atoms with Crippen LogP contribution in [0.5, 0.6) is 0 Å². The molecule has 0 saturated heterocycles. The summed E-state index contributed by atoms with van der Waals surface area (Å²) in [6, 6.07) is 0. The quantitative estimate of drug-likeness (QED) is 0.335. The fourth-order valence-electron chi connectivity index (χ4n) is 0. The molecule has 0 aliphatic heterocycles. The van der Waals surface area contributed by atoms with Gasteiger partial charge in [-0.2, -0.15) is 0 Å². The molecule has 0 fully saturated rings. The van der Waals surface area contributed by atoms with Crippen LogP contribution in [0.15, 0.2) is 0 Å². The van der Waals surface area contributed by atoms with Crippen LogP contribution in [0.3, 0.4) is 0 Å². The van der Waals surface area contributed by atoms with Crippen molar-refractivity contribution >= 4 is 63.5 Å². The van der Waals surface area contributed by atoms with Crippen molar-refractivity contribution in [3.63, 3.8) is 0 Å². The van der Waals surface area contributed by atoms with E-state index in [4.69, 9.17) is 0 Å². The maximum absolute atomic E-state index is 0. The van der Waals surface area contributed by atoms with Crippen molar-refractivity contribution in [3.8, 4) is 0 Å². The molecule has 0 aliphatic rings. The minimum atomic E-state index is 0. The van der Waals surface area contributed by atoms with E-state index in [0.29, 0.717) is 0 Å². The van der Waals surface area contributed by atoms with Crippen LogP contribution in [-0.2, 0) is 5.48 Å². The molecule has 0 amide bonds. The molecule has 0 N–H and O–H groups in total. The van der Waals surface area contributed by atoms with Gasteiger partial charge < -0.3 is 5.48 Å². The number of hydrogen-bond acceptors (Lipinski definition) is 0. The van der Waals surface area contributed by atoms with Crippen LogP contribution in [0.2, 0.25) is 0 Å². The van der Waals surface area contributed by atoms with Crippen LogP contribution in [0.1, 0.15) is 0 Å². The first-order valence-electron chi connectivity index (χ1n) is 0. The van der Waals surface area contributed by atoms with E-state index in [1.165, 1.54) is 0 Å². The van der Waals surface area contributed by atoms with Crippen molar-refractivity contribution in [2.45, 2.75) is 0 Å². The van der Waals surface area contributed by atoms with E-state index < -0.39 is 0 Å². The second kappa shape index (κ2) is 21.3. The molecule has 0 aromatic rings. The van der Waals surface area contributed by atoms with Gasteiger partial charge in [0.2, 0.25) is 0 Å². The molecule has 6 radical (unpaired) electrons. The molecular formula is AlBCaO. The predicted molar refractivity (Wildman–Crippen MR) is 17.9 cm³/mol. The van der Waals surface area contributed by atoms with Crippen LogP contribution in [0.25, 0.3) is 0 Å². The van der Waals surface area contributed by atoms with E-state index in [9.17, 15) is 0 Å². The van der Waals surface area contributed by atoms with Gasteiger partial charge in [-0.3, -0.25) is 0 Å². The number of rotatable bonds is 0. The third-order valence-electron chi connectivity index (χ3n) is 0. The predicted octanol–water partition coefficient (Wildman–Crippen LogP) is -1.26. The molecule has 4 heteroatoms. The standard InChI is InChI=1S/Al.B.Ca.O/q;;+2;-2. The van der Waals surface area contributed by atoms with Crippen LogP contribution in [0, 0.1) is 0 Å². The van der Waals surface area contributed by atoms with Gasteiger partial charge in [-0.15, -0.1) is 0 Å². The Bertz CT molecular complexity index is 8.00. The van der Waals surface area contributed by atoms with Gasteiger partial charge in [0.15, 0.2) is 0 Å². The topological polar surface area (TPSA) is 28.5 Å². The van der Waals surface area contributed by atoms with E-state index >= 15 is 0 Å². The summed E-state index contributed by atoms with van der Waals surface area (Å²) in [7, 11) is 0. The average molecular weight is 93.9 g/mol. The Hall–Kier alpha value is 1.82. The monoisotopic (exact) mass is 93.9 g/mol. The molecule has 14 valence electrons. The normalized spacial score (nSPS) is 0. The molecule has 0 rings (SSSR count). The van der Waals surface area contributed by atoms with Crippen molar-refractivity contribution in [1.82, 2.24) is 0 Å². The molecular weight excluding hydrogens is 93.9 g/mol. The third kappa shape index (κ3) is 9.17. The van der Waals surface area contributed by atoms with E-state index in [0.717, 1.165) is 0 Å². The van der Waals surface area contributed by atoms with Crippen molar-refractivity contribution in [2.75, 3.05) is 0 Å². The zero-order chi connectivity index (χ0) is 0. The van der Waals surface area contributed by atoms with Crippen LogP contribution in [0.4, 0.5) is 0 Å². The third-order valence-corrected chi connectivity index (χ3v) is 0. The molecule has 4 heavy (non-hydrogen) atoms. The second-order valence-electron chi connectivity index (χ2n) is 0. The average Bonchev–Trinajstić information content (AvgIpc) is 0. The van der Waals surface area contributed by atoms with E-state index in [1.807, 2.05) is 0 Å². The molecule has 0 bridgehead atoms. The molecule has 0 heterocycles. The van der Waals surface area contributed by atoms with E-state index in [1.54, 1.807) is 0 Å². The molecule has 0 saturated carbocycles. The molecule has 0 aliphatic carbocycles. The summed E-state index contributed by atoms with van der Waals surface area (Å²) in [6.45, 7) is 0. The van der Waals surface area contributed by atoms with Gasteiger partial charge in [0, 0.05) is 25.8 Å². The molecule has 1 nitrogen and oxygen atoms in total. The molecule has 0 spiro atoms. The fraction of sp³-hybridized carbons (Fsp3) is 0. The summed E-state index contributed by atoms with van der Waals surface area (Å²) < 4.78 is 0. The van der Waals surface area contributed by atoms with Crippen LogP contribution < -0.4 is 0 Å². The maximum atomic E-state index is 0. The summed E-state index contributed by atoms with van der Waals surface area (Å²) in [4.78, 5) is 0. The Morgan fingerprint density at radius 1 is 1.00 bits per heavy atom. The summed E-state index contributed by atoms with van der Waals surface area (Å²) in [5, 5.41) is 0. The zero-order valence-corrected chi connectivity index (χ0v) is 5.63. The largest absolute Gasteiger partial charge is 2.00 e. The number of hydrogen-bond donors (Lipinski definition) is 0. The van der Waals surface area contributed by atoms with Crippen molar-refractivity contribution in [2.24, 2.45) is 0 Å².